The summed E-state index contributed by atoms with van der Waals surface area (Å²) >= 11 is 9.70. The van der Waals surface area contributed by atoms with E-state index in [0.717, 1.165) is 23.4 Å². The number of hydrogen-bond donors (Lipinski definition) is 2. The van der Waals surface area contributed by atoms with Crippen LogP contribution in [0.3, 0.4) is 0 Å². The molecule has 2 rings (SSSR count). The average Bonchev–Trinajstić information content (AvgIpc) is 2.93. The second kappa shape index (κ2) is 6.09. The maximum absolute atomic E-state index is 6.34. The van der Waals surface area contributed by atoms with Gasteiger partial charge in [-0.3, -0.25) is 16.0 Å². The number of nitrogens with zero attached hydrogens (tertiary/aromatic N) is 2. The molecule has 19 heavy (non-hydrogen) atoms. The number of hydrazine groups is 1. The number of rotatable bonds is 5. The summed E-state index contributed by atoms with van der Waals surface area (Å²) in [7, 11) is 1.89. The van der Waals surface area contributed by atoms with Gasteiger partial charge in [0, 0.05) is 19.0 Å². The molecule has 0 aliphatic heterocycles. The van der Waals surface area contributed by atoms with Gasteiger partial charge in [-0.15, -0.1) is 0 Å². The van der Waals surface area contributed by atoms with Crippen molar-refractivity contribution in [2.75, 3.05) is 0 Å². The lowest BCUT2D eigenvalue weighted by Gasteiger charge is -2.15. The van der Waals surface area contributed by atoms with E-state index in [2.05, 4.69) is 26.5 Å². The lowest BCUT2D eigenvalue weighted by Crippen LogP contribution is -2.30. The highest BCUT2D eigenvalue weighted by Gasteiger charge is 2.21. The van der Waals surface area contributed by atoms with Gasteiger partial charge in [0.2, 0.25) is 0 Å². The van der Waals surface area contributed by atoms with Gasteiger partial charge in [0.05, 0.1) is 28.7 Å². The molecule has 2 aromatic rings. The van der Waals surface area contributed by atoms with E-state index in [1.807, 2.05) is 20.0 Å². The van der Waals surface area contributed by atoms with Crippen molar-refractivity contribution < 1.29 is 4.42 Å². The predicted molar refractivity (Wildman–Crippen MR) is 77.8 cm³/mol. The van der Waals surface area contributed by atoms with Crippen LogP contribution in [0.25, 0.3) is 0 Å². The number of hydrogen-bond acceptors (Lipinski definition) is 4. The Labute approximate surface area is 125 Å². The Kier molecular flexibility index (Phi) is 4.67. The van der Waals surface area contributed by atoms with Crippen LogP contribution in [0, 0.1) is 0 Å². The third-order valence-electron chi connectivity index (χ3n) is 3.12. The van der Waals surface area contributed by atoms with Gasteiger partial charge in [-0.2, -0.15) is 5.10 Å². The van der Waals surface area contributed by atoms with Crippen molar-refractivity contribution in [2.45, 2.75) is 25.8 Å². The summed E-state index contributed by atoms with van der Waals surface area (Å²) in [6.45, 7) is 2.03. The molecule has 0 amide bonds. The first-order valence-corrected chi connectivity index (χ1v) is 7.14. The molecule has 2 heterocycles. The molecule has 7 heteroatoms. The highest BCUT2D eigenvalue weighted by molar-refractivity contribution is 9.10. The number of nitrogens with one attached hydrogen (secondary N) is 1. The minimum Gasteiger partial charge on any atom is -0.457 e. The summed E-state index contributed by atoms with van der Waals surface area (Å²) in [6, 6.07) is 1.78. The summed E-state index contributed by atoms with van der Waals surface area (Å²) in [4.78, 5) is 0. The van der Waals surface area contributed by atoms with Crippen LogP contribution >= 0.6 is 27.5 Å². The number of aryl methyl sites for hydroxylation is 2. The third kappa shape index (κ3) is 2.86. The van der Waals surface area contributed by atoms with Crippen molar-refractivity contribution in [1.82, 2.24) is 15.2 Å². The third-order valence-corrected chi connectivity index (χ3v) is 4.20. The first-order chi connectivity index (χ1) is 9.08. The fraction of sp³-hybridized carbons (Fsp3) is 0.417. The van der Waals surface area contributed by atoms with Crippen molar-refractivity contribution >= 4 is 27.5 Å². The molecular weight excluding hydrogens is 332 g/mol. The lowest BCUT2D eigenvalue weighted by molar-refractivity contribution is 0.498. The van der Waals surface area contributed by atoms with Gasteiger partial charge >= 0.3 is 0 Å². The second-order valence-electron chi connectivity index (χ2n) is 4.26. The smallest absolute Gasteiger partial charge is 0.173 e. The van der Waals surface area contributed by atoms with Crippen molar-refractivity contribution in [3.63, 3.8) is 0 Å². The molecule has 0 bridgehead atoms. The molecule has 5 nitrogen and oxygen atoms in total. The lowest BCUT2D eigenvalue weighted by atomic mass is 10.1. The molecule has 1 unspecified atom stereocenters. The maximum Gasteiger partial charge on any atom is 0.173 e. The van der Waals surface area contributed by atoms with Gasteiger partial charge < -0.3 is 4.42 Å². The minimum absolute atomic E-state index is 0.0919. The summed E-state index contributed by atoms with van der Waals surface area (Å²) in [5, 5.41) is 5.11. The number of furan rings is 1. The van der Waals surface area contributed by atoms with E-state index in [9.17, 15) is 0 Å². The summed E-state index contributed by atoms with van der Waals surface area (Å²) in [5.41, 5.74) is 5.60. The van der Waals surface area contributed by atoms with Gasteiger partial charge in [0.15, 0.2) is 4.67 Å². The van der Waals surface area contributed by atoms with E-state index >= 15 is 0 Å². The monoisotopic (exact) mass is 346 g/mol. The molecular formula is C12H16BrClN4O. The van der Waals surface area contributed by atoms with Crippen LogP contribution in [0.5, 0.6) is 0 Å². The SMILES string of the molecule is CCc1nn(C)c(CC(NN)c2ccoc2Br)c1Cl. The molecule has 104 valence electrons. The molecule has 0 spiro atoms. The normalized spacial score (nSPS) is 12.9. The molecule has 0 aliphatic rings. The van der Waals surface area contributed by atoms with E-state index < -0.39 is 0 Å². The zero-order chi connectivity index (χ0) is 14.0. The van der Waals surface area contributed by atoms with Crippen molar-refractivity contribution in [3.05, 3.63) is 39.0 Å². The molecule has 0 saturated carbocycles. The Balaban J connectivity index is 2.29. The van der Waals surface area contributed by atoms with Gasteiger partial charge in [0.1, 0.15) is 0 Å². The van der Waals surface area contributed by atoms with Gasteiger partial charge in [0.25, 0.3) is 0 Å². The van der Waals surface area contributed by atoms with Crippen LogP contribution in [-0.2, 0) is 19.9 Å². The Morgan fingerprint density at radius 1 is 1.63 bits per heavy atom. The molecule has 3 N–H and O–H groups in total. The van der Waals surface area contributed by atoms with E-state index in [1.54, 1.807) is 10.9 Å². The standard InChI is InChI=1S/C12H16BrClN4O/c1-3-8-11(14)10(18(2)17-8)6-9(16-15)7-4-5-19-12(7)13/h4-5,9,16H,3,6,15H2,1-2H3. The van der Waals surface area contributed by atoms with Crippen molar-refractivity contribution in [2.24, 2.45) is 12.9 Å². The zero-order valence-electron chi connectivity index (χ0n) is 10.8. The largest absolute Gasteiger partial charge is 0.457 e. The van der Waals surface area contributed by atoms with Crippen LogP contribution < -0.4 is 11.3 Å². The summed E-state index contributed by atoms with van der Waals surface area (Å²) in [5.74, 6) is 5.63. The second-order valence-corrected chi connectivity index (χ2v) is 5.36. The number of halogens is 2. The van der Waals surface area contributed by atoms with Crippen LogP contribution in [0.4, 0.5) is 0 Å². The number of aromatic nitrogens is 2. The summed E-state index contributed by atoms with van der Waals surface area (Å²) < 4.78 is 7.71. The van der Waals surface area contributed by atoms with E-state index in [1.165, 1.54) is 0 Å². The first kappa shape index (κ1) is 14.6. The first-order valence-electron chi connectivity index (χ1n) is 5.97. The Hall–Kier alpha value is -0.820. The minimum atomic E-state index is -0.0919. The molecule has 0 radical (unpaired) electrons. The molecule has 0 saturated heterocycles. The Bertz CT molecular complexity index is 566. The van der Waals surface area contributed by atoms with Crippen LogP contribution in [0.15, 0.2) is 21.4 Å². The fourth-order valence-electron chi connectivity index (χ4n) is 2.05. The quantitative estimate of drug-likeness (QED) is 0.644. The molecule has 0 fully saturated rings. The highest BCUT2D eigenvalue weighted by Crippen LogP contribution is 2.30. The number of nitrogens with two attached hydrogens (primary N) is 1. The zero-order valence-corrected chi connectivity index (χ0v) is 13.1. The van der Waals surface area contributed by atoms with Crippen molar-refractivity contribution in [3.8, 4) is 0 Å². The molecule has 0 aliphatic carbocycles. The van der Waals surface area contributed by atoms with Crippen LogP contribution in [-0.4, -0.2) is 9.78 Å². The highest BCUT2D eigenvalue weighted by atomic mass is 79.9. The summed E-state index contributed by atoms with van der Waals surface area (Å²) in [6.07, 6.45) is 3.06. The predicted octanol–water partition coefficient (Wildman–Crippen LogP) is 2.74. The van der Waals surface area contributed by atoms with Gasteiger partial charge in [-0.1, -0.05) is 18.5 Å². The van der Waals surface area contributed by atoms with E-state index in [-0.39, 0.29) is 6.04 Å². The molecule has 0 aromatic carbocycles. The fourth-order valence-corrected chi connectivity index (χ4v) is 2.93. The molecule has 1 atom stereocenters. The van der Waals surface area contributed by atoms with Crippen molar-refractivity contribution in [1.29, 1.82) is 0 Å². The van der Waals surface area contributed by atoms with Crippen LogP contribution in [0.2, 0.25) is 5.02 Å². The maximum atomic E-state index is 6.34. The topological polar surface area (TPSA) is 69.0 Å². The van der Waals surface area contributed by atoms with Gasteiger partial charge in [-0.05, 0) is 28.4 Å². The van der Waals surface area contributed by atoms with E-state index in [4.69, 9.17) is 21.9 Å². The van der Waals surface area contributed by atoms with Crippen LogP contribution in [0.1, 0.15) is 29.9 Å². The Morgan fingerprint density at radius 3 is 2.84 bits per heavy atom. The molecule has 2 aromatic heterocycles. The Morgan fingerprint density at radius 2 is 2.37 bits per heavy atom. The average molecular weight is 348 g/mol. The van der Waals surface area contributed by atoms with E-state index in [0.29, 0.717) is 16.1 Å². The van der Waals surface area contributed by atoms with Gasteiger partial charge in [-0.25, -0.2) is 0 Å².